The monoisotopic (exact) mass is 953 g/mol. The molecule has 6 aromatic rings. The Morgan fingerprint density at radius 1 is 0.271 bits per heavy atom. The van der Waals surface area contributed by atoms with E-state index in [1.807, 2.05) is 42.5 Å². The van der Waals surface area contributed by atoms with E-state index in [0.29, 0.717) is 25.7 Å². The fraction of sp³-hybridized carbons (Fsp3) is 0.400. The normalized spacial score (nSPS) is 11.1. The molecule has 0 saturated heterocycles. The van der Waals surface area contributed by atoms with Crippen LogP contribution in [0.1, 0.15) is 95.9 Å². The smallest absolute Gasteiger partial charge is 0.160 e. The number of hydrogen-bond donors (Lipinski definition) is 10. The van der Waals surface area contributed by atoms with Gasteiger partial charge in [0.25, 0.3) is 0 Å². The molecule has 0 atom stereocenters. The van der Waals surface area contributed by atoms with Gasteiger partial charge in [-0.1, -0.05) is 123 Å². The Morgan fingerprint density at radius 2 is 0.614 bits per heavy atom. The number of nitrogens with one attached hydrogen (secondary N) is 4. The predicted octanol–water partition coefficient (Wildman–Crippen LogP) is 10.2. The van der Waals surface area contributed by atoms with Crippen molar-refractivity contribution in [3.63, 3.8) is 0 Å². The highest BCUT2D eigenvalue weighted by molar-refractivity contribution is 5.50. The maximum atomic E-state index is 10.4. The Balaban J connectivity index is 0.000000262. The van der Waals surface area contributed by atoms with Gasteiger partial charge in [0.05, 0.1) is 0 Å². The number of hydrogen-bond acceptors (Lipinski definition) is 10. The number of phenolic OH excluding ortho intramolecular Hbond substituents is 6. The SMILES string of the molecule is Oc1cccc(CCc2c(CCNCCCCCCCCNCCc3ccccc3)ccc(O)c2O)c1.Oc1cccc(CCc2c(CCNCCCCNCCc3ccccc3)ccc(O)c2O)c1. The zero-order chi connectivity index (χ0) is 49.4. The Hall–Kier alpha value is -6.04. The third kappa shape index (κ3) is 21.3. The third-order valence-corrected chi connectivity index (χ3v) is 12.8. The van der Waals surface area contributed by atoms with E-state index in [1.54, 1.807) is 36.4 Å². The van der Waals surface area contributed by atoms with Crippen molar-refractivity contribution in [1.82, 2.24) is 21.3 Å². The number of aryl methyl sites for hydroxylation is 2. The lowest BCUT2D eigenvalue weighted by molar-refractivity contribution is 0.398. The summed E-state index contributed by atoms with van der Waals surface area (Å²) in [6, 6.07) is 42.4. The van der Waals surface area contributed by atoms with Gasteiger partial charge in [0.2, 0.25) is 0 Å². The molecule has 10 heteroatoms. The van der Waals surface area contributed by atoms with Gasteiger partial charge in [-0.3, -0.25) is 0 Å². The zero-order valence-electron chi connectivity index (χ0n) is 41.4. The van der Waals surface area contributed by atoms with Crippen molar-refractivity contribution in [2.75, 3.05) is 52.4 Å². The second kappa shape index (κ2) is 32.7. The highest BCUT2D eigenvalue weighted by Crippen LogP contribution is 2.34. The molecule has 0 aliphatic heterocycles. The van der Waals surface area contributed by atoms with Crippen LogP contribution in [0.25, 0.3) is 0 Å². The first kappa shape index (κ1) is 54.9. The molecule has 0 spiro atoms. The van der Waals surface area contributed by atoms with Gasteiger partial charge in [0.15, 0.2) is 23.0 Å². The summed E-state index contributed by atoms with van der Waals surface area (Å²) in [6.07, 6.45) is 16.2. The van der Waals surface area contributed by atoms with Crippen molar-refractivity contribution in [3.8, 4) is 34.5 Å². The second-order valence-corrected chi connectivity index (χ2v) is 18.3. The number of phenols is 6. The molecule has 0 heterocycles. The van der Waals surface area contributed by atoms with E-state index in [9.17, 15) is 30.6 Å². The predicted molar refractivity (Wildman–Crippen MR) is 287 cm³/mol. The van der Waals surface area contributed by atoms with Gasteiger partial charge < -0.3 is 51.9 Å². The van der Waals surface area contributed by atoms with E-state index in [2.05, 4.69) is 75.9 Å². The summed E-state index contributed by atoms with van der Waals surface area (Å²) in [6.45, 7) is 7.83. The van der Waals surface area contributed by atoms with Crippen LogP contribution in [0.5, 0.6) is 34.5 Å². The van der Waals surface area contributed by atoms with Gasteiger partial charge in [-0.15, -0.1) is 0 Å². The molecule has 6 aromatic carbocycles. The van der Waals surface area contributed by atoms with Crippen LogP contribution in [0.15, 0.2) is 133 Å². The minimum Gasteiger partial charge on any atom is -0.508 e. The molecule has 0 bridgehead atoms. The Morgan fingerprint density at radius 3 is 1.00 bits per heavy atom. The molecule has 0 aliphatic carbocycles. The van der Waals surface area contributed by atoms with E-state index < -0.39 is 0 Å². The van der Waals surface area contributed by atoms with Gasteiger partial charge in [-0.05, 0) is 199 Å². The molecule has 0 aromatic heterocycles. The maximum absolute atomic E-state index is 10.4. The van der Waals surface area contributed by atoms with Crippen molar-refractivity contribution in [3.05, 3.63) is 178 Å². The molecule has 0 radical (unpaired) electrons. The fourth-order valence-corrected chi connectivity index (χ4v) is 8.73. The first-order chi connectivity index (χ1) is 34.3. The average Bonchev–Trinajstić information content (AvgIpc) is 3.37. The number of aromatic hydroxyl groups is 6. The van der Waals surface area contributed by atoms with Crippen molar-refractivity contribution in [2.45, 2.75) is 103 Å². The fourth-order valence-electron chi connectivity index (χ4n) is 8.73. The summed E-state index contributed by atoms with van der Waals surface area (Å²) < 4.78 is 0. The summed E-state index contributed by atoms with van der Waals surface area (Å²) in [5, 5.41) is 74.2. The molecule has 376 valence electrons. The molecular formula is C60H80N4O6. The molecule has 0 fully saturated rings. The lowest BCUT2D eigenvalue weighted by Gasteiger charge is -2.14. The minimum atomic E-state index is -0.0858. The van der Waals surface area contributed by atoms with Gasteiger partial charge in [0, 0.05) is 11.1 Å². The van der Waals surface area contributed by atoms with Gasteiger partial charge in [0.1, 0.15) is 11.5 Å². The van der Waals surface area contributed by atoms with E-state index in [0.717, 1.165) is 124 Å². The standard InChI is InChI=1S/C32H44N2O3.C28H36N2O3/c35-29-14-10-13-27(25-29)15-17-30-28(16-18-31(36)32(30)37)20-24-34-22-9-4-2-1-3-8-21-33-23-19-26-11-6-5-7-12-26;31-25-10-6-9-23(21-25)11-13-26-24(12-14-27(32)28(26)33)16-20-30-18-5-4-17-29-19-15-22-7-2-1-3-8-22/h5-7,10-14,16,18,25,33-37H,1-4,8-9,15,17,19-24H2;1-3,6-10,12,14,21,29-33H,4-5,11,13,15-20H2. The van der Waals surface area contributed by atoms with Crippen LogP contribution in [0.4, 0.5) is 0 Å². The summed E-state index contributed by atoms with van der Waals surface area (Å²) >= 11 is 0. The van der Waals surface area contributed by atoms with Crippen molar-refractivity contribution in [2.24, 2.45) is 0 Å². The average molecular weight is 953 g/mol. The van der Waals surface area contributed by atoms with E-state index in [1.165, 1.54) is 49.7 Å². The Labute approximate surface area is 417 Å². The van der Waals surface area contributed by atoms with Gasteiger partial charge in [-0.2, -0.15) is 0 Å². The molecule has 10 N–H and O–H groups in total. The van der Waals surface area contributed by atoms with Crippen molar-refractivity contribution in [1.29, 1.82) is 0 Å². The number of unbranched alkanes of at least 4 members (excludes halogenated alkanes) is 6. The maximum Gasteiger partial charge on any atom is 0.160 e. The summed E-state index contributed by atoms with van der Waals surface area (Å²) in [5.41, 5.74) is 8.44. The van der Waals surface area contributed by atoms with E-state index >= 15 is 0 Å². The Kier molecular flexibility index (Phi) is 25.7. The molecule has 6 rings (SSSR count). The topological polar surface area (TPSA) is 169 Å². The van der Waals surface area contributed by atoms with E-state index in [4.69, 9.17) is 0 Å². The first-order valence-corrected chi connectivity index (χ1v) is 25.8. The molecule has 0 aliphatic rings. The molecule has 0 amide bonds. The first-order valence-electron chi connectivity index (χ1n) is 25.8. The van der Waals surface area contributed by atoms with Crippen LogP contribution >= 0.6 is 0 Å². The third-order valence-electron chi connectivity index (χ3n) is 12.8. The minimum absolute atomic E-state index is 0.0240. The van der Waals surface area contributed by atoms with E-state index in [-0.39, 0.29) is 34.5 Å². The van der Waals surface area contributed by atoms with Gasteiger partial charge in [-0.25, -0.2) is 0 Å². The molecule has 0 saturated carbocycles. The quantitative estimate of drug-likeness (QED) is 0.0145. The summed E-state index contributed by atoms with van der Waals surface area (Å²) in [7, 11) is 0. The lowest BCUT2D eigenvalue weighted by atomic mass is 9.96. The highest BCUT2D eigenvalue weighted by atomic mass is 16.3. The lowest BCUT2D eigenvalue weighted by Crippen LogP contribution is -2.22. The van der Waals surface area contributed by atoms with Crippen LogP contribution < -0.4 is 21.3 Å². The second-order valence-electron chi connectivity index (χ2n) is 18.3. The van der Waals surface area contributed by atoms with Crippen LogP contribution in [0.3, 0.4) is 0 Å². The van der Waals surface area contributed by atoms with Crippen molar-refractivity contribution < 1.29 is 30.6 Å². The molecule has 70 heavy (non-hydrogen) atoms. The number of benzene rings is 6. The molecular weight excluding hydrogens is 873 g/mol. The van der Waals surface area contributed by atoms with Crippen LogP contribution in [0, 0.1) is 0 Å². The number of rotatable bonds is 32. The zero-order valence-corrected chi connectivity index (χ0v) is 41.4. The highest BCUT2D eigenvalue weighted by Gasteiger charge is 2.14. The largest absolute Gasteiger partial charge is 0.508 e. The molecule has 0 unspecified atom stereocenters. The van der Waals surface area contributed by atoms with Gasteiger partial charge >= 0.3 is 0 Å². The summed E-state index contributed by atoms with van der Waals surface area (Å²) in [5.74, 6) is 0.262. The molecule has 10 nitrogen and oxygen atoms in total. The Bertz CT molecular complexity index is 2340. The van der Waals surface area contributed by atoms with Crippen LogP contribution in [-0.2, 0) is 51.4 Å². The van der Waals surface area contributed by atoms with Crippen LogP contribution in [-0.4, -0.2) is 83.0 Å². The van der Waals surface area contributed by atoms with Crippen molar-refractivity contribution >= 4 is 0 Å². The van der Waals surface area contributed by atoms with Crippen LogP contribution in [0.2, 0.25) is 0 Å². The summed E-state index contributed by atoms with van der Waals surface area (Å²) in [4.78, 5) is 0.